The molecule has 1 fully saturated rings. The third-order valence-corrected chi connectivity index (χ3v) is 3.93. The van der Waals surface area contributed by atoms with E-state index in [-0.39, 0.29) is 17.6 Å². The zero-order chi connectivity index (χ0) is 16.6. The van der Waals surface area contributed by atoms with Crippen LogP contribution in [0.25, 0.3) is 0 Å². The lowest BCUT2D eigenvalue weighted by Gasteiger charge is -2.31. The van der Waals surface area contributed by atoms with Gasteiger partial charge < -0.3 is 14.9 Å². The number of amides is 1. The van der Waals surface area contributed by atoms with Gasteiger partial charge in [-0.2, -0.15) is 13.2 Å². The summed E-state index contributed by atoms with van der Waals surface area (Å²) in [6, 6.07) is 0. The fourth-order valence-electron chi connectivity index (χ4n) is 2.77. The molecule has 0 aliphatic carbocycles. The molecule has 0 radical (unpaired) electrons. The van der Waals surface area contributed by atoms with Gasteiger partial charge in [-0.15, -0.1) is 0 Å². The lowest BCUT2D eigenvalue weighted by molar-refractivity contribution is -0.141. The number of alkyl halides is 3. The summed E-state index contributed by atoms with van der Waals surface area (Å²) in [4.78, 5) is 27.1. The first-order valence-corrected chi connectivity index (χ1v) is 7.27. The van der Waals surface area contributed by atoms with Crippen molar-refractivity contribution in [2.75, 3.05) is 13.1 Å². The van der Waals surface area contributed by atoms with E-state index in [4.69, 9.17) is 0 Å². The Morgan fingerprint density at radius 1 is 1.30 bits per heavy atom. The predicted molar refractivity (Wildman–Crippen MR) is 74.8 cm³/mol. The van der Waals surface area contributed by atoms with Gasteiger partial charge in [0.1, 0.15) is 23.0 Å². The first-order valence-electron chi connectivity index (χ1n) is 7.27. The molecule has 2 aromatic heterocycles. The van der Waals surface area contributed by atoms with Gasteiger partial charge in [-0.05, 0) is 19.8 Å². The lowest BCUT2D eigenvalue weighted by Crippen LogP contribution is -2.39. The number of hydrogen-bond acceptors (Lipinski definition) is 3. The monoisotopic (exact) mass is 327 g/mol. The second-order valence-electron chi connectivity index (χ2n) is 5.65. The van der Waals surface area contributed by atoms with Gasteiger partial charge in [0.05, 0.1) is 12.4 Å². The van der Waals surface area contributed by atoms with Crippen molar-refractivity contribution in [3.8, 4) is 0 Å². The molecule has 3 rings (SSSR count). The van der Waals surface area contributed by atoms with Crippen molar-refractivity contribution in [2.24, 2.45) is 0 Å². The topological polar surface area (TPSA) is 77.7 Å². The Morgan fingerprint density at radius 3 is 2.70 bits per heavy atom. The molecular weight excluding hydrogens is 311 g/mol. The summed E-state index contributed by atoms with van der Waals surface area (Å²) < 4.78 is 38.0. The van der Waals surface area contributed by atoms with Crippen molar-refractivity contribution >= 4 is 5.91 Å². The predicted octanol–water partition coefficient (Wildman–Crippen LogP) is 2.48. The van der Waals surface area contributed by atoms with Crippen LogP contribution in [0.2, 0.25) is 0 Å². The third-order valence-electron chi connectivity index (χ3n) is 3.93. The highest BCUT2D eigenvalue weighted by atomic mass is 19.4. The second kappa shape index (κ2) is 5.71. The van der Waals surface area contributed by atoms with Crippen molar-refractivity contribution in [1.82, 2.24) is 24.8 Å². The number of nitrogens with one attached hydrogen (secondary N) is 2. The van der Waals surface area contributed by atoms with Crippen LogP contribution in [0.3, 0.4) is 0 Å². The smallest absolute Gasteiger partial charge is 0.338 e. The molecule has 1 aliphatic rings. The molecule has 0 unspecified atom stereocenters. The number of nitrogens with zero attached hydrogens (tertiary/aromatic N) is 3. The Bertz CT molecular complexity index is 705. The molecular formula is C14H16F3N5O. The summed E-state index contributed by atoms with van der Waals surface area (Å²) in [6.07, 6.45) is -0.769. The van der Waals surface area contributed by atoms with E-state index in [0.717, 1.165) is 6.20 Å². The van der Waals surface area contributed by atoms with Crippen LogP contribution in [0.1, 0.15) is 46.6 Å². The van der Waals surface area contributed by atoms with Gasteiger partial charge in [0.2, 0.25) is 0 Å². The second-order valence-corrected chi connectivity index (χ2v) is 5.65. The van der Waals surface area contributed by atoms with E-state index in [2.05, 4.69) is 19.9 Å². The SMILES string of the molecule is Cc1ncc(C(=O)N2CCC[C@H](c3ncc(C(F)(F)F)[nH]3)C2)[nH]1. The van der Waals surface area contributed by atoms with E-state index < -0.39 is 11.9 Å². The van der Waals surface area contributed by atoms with Crippen LogP contribution < -0.4 is 0 Å². The lowest BCUT2D eigenvalue weighted by atomic mass is 9.97. The maximum Gasteiger partial charge on any atom is 0.432 e. The van der Waals surface area contributed by atoms with Crippen LogP contribution in [0.15, 0.2) is 12.4 Å². The molecule has 1 saturated heterocycles. The van der Waals surface area contributed by atoms with Crippen LogP contribution in [0.5, 0.6) is 0 Å². The average Bonchev–Trinajstić information content (AvgIpc) is 3.15. The van der Waals surface area contributed by atoms with Crippen molar-refractivity contribution in [3.05, 3.63) is 35.4 Å². The highest BCUT2D eigenvalue weighted by Gasteiger charge is 2.35. The fourth-order valence-corrected chi connectivity index (χ4v) is 2.77. The highest BCUT2D eigenvalue weighted by Crippen LogP contribution is 2.31. The molecule has 1 amide bonds. The van der Waals surface area contributed by atoms with Crippen LogP contribution in [-0.2, 0) is 6.18 Å². The first kappa shape index (κ1) is 15.6. The van der Waals surface area contributed by atoms with Crippen LogP contribution in [0, 0.1) is 6.92 Å². The van der Waals surface area contributed by atoms with Gasteiger partial charge in [0.15, 0.2) is 0 Å². The number of piperidine rings is 1. The molecule has 0 saturated carbocycles. The number of carbonyl (C=O) groups is 1. The fraction of sp³-hybridized carbons (Fsp3) is 0.500. The standard InChI is InChI=1S/C14H16F3N5O/c1-8-18-5-10(20-8)13(23)22-4-2-3-9(7-22)12-19-6-11(21-12)14(15,16)17/h5-6,9H,2-4,7H2,1H3,(H,18,20)(H,19,21)/t9-/m0/s1. The molecule has 3 heterocycles. The van der Waals surface area contributed by atoms with Gasteiger partial charge in [0, 0.05) is 19.0 Å². The van der Waals surface area contributed by atoms with E-state index in [1.165, 1.54) is 6.20 Å². The minimum Gasteiger partial charge on any atom is -0.338 e. The minimum atomic E-state index is -4.44. The van der Waals surface area contributed by atoms with Crippen molar-refractivity contribution in [1.29, 1.82) is 0 Å². The Labute approximate surface area is 130 Å². The average molecular weight is 327 g/mol. The van der Waals surface area contributed by atoms with E-state index in [1.54, 1.807) is 11.8 Å². The van der Waals surface area contributed by atoms with E-state index >= 15 is 0 Å². The molecule has 6 nitrogen and oxygen atoms in total. The zero-order valence-corrected chi connectivity index (χ0v) is 12.4. The molecule has 23 heavy (non-hydrogen) atoms. The Kier molecular flexibility index (Phi) is 3.87. The molecule has 1 atom stereocenters. The van der Waals surface area contributed by atoms with Crippen molar-refractivity contribution in [3.63, 3.8) is 0 Å². The third kappa shape index (κ3) is 3.22. The molecule has 0 bridgehead atoms. The summed E-state index contributed by atoms with van der Waals surface area (Å²) in [5.74, 6) is 0.490. The van der Waals surface area contributed by atoms with Gasteiger partial charge in [0.25, 0.3) is 5.91 Å². The molecule has 9 heteroatoms. The Hall–Kier alpha value is -2.32. The maximum absolute atomic E-state index is 12.7. The number of aromatic amines is 2. The van der Waals surface area contributed by atoms with Gasteiger partial charge >= 0.3 is 6.18 Å². The van der Waals surface area contributed by atoms with Gasteiger partial charge in [-0.1, -0.05) is 0 Å². The van der Waals surface area contributed by atoms with Crippen LogP contribution in [-0.4, -0.2) is 43.8 Å². The first-order chi connectivity index (χ1) is 10.8. The number of carbonyl (C=O) groups excluding carboxylic acids is 1. The number of halogens is 3. The summed E-state index contributed by atoms with van der Waals surface area (Å²) >= 11 is 0. The van der Waals surface area contributed by atoms with E-state index in [0.29, 0.717) is 37.4 Å². The molecule has 2 aromatic rings. The normalized spacial score (nSPS) is 19.1. The summed E-state index contributed by atoms with van der Waals surface area (Å²) in [7, 11) is 0. The molecule has 124 valence electrons. The molecule has 1 aliphatic heterocycles. The molecule has 2 N–H and O–H groups in total. The Balaban J connectivity index is 1.73. The number of hydrogen-bond donors (Lipinski definition) is 2. The van der Waals surface area contributed by atoms with Gasteiger partial charge in [-0.25, -0.2) is 9.97 Å². The van der Waals surface area contributed by atoms with Crippen molar-refractivity contribution < 1.29 is 18.0 Å². The molecule has 0 spiro atoms. The number of imidazole rings is 2. The van der Waals surface area contributed by atoms with Gasteiger partial charge in [-0.3, -0.25) is 4.79 Å². The quantitative estimate of drug-likeness (QED) is 0.889. The van der Waals surface area contributed by atoms with Crippen LogP contribution in [0.4, 0.5) is 13.2 Å². The van der Waals surface area contributed by atoms with Crippen molar-refractivity contribution in [2.45, 2.75) is 31.9 Å². The summed E-state index contributed by atoms with van der Waals surface area (Å²) in [5.41, 5.74) is -0.473. The summed E-state index contributed by atoms with van der Waals surface area (Å²) in [6.45, 7) is 2.65. The Morgan fingerprint density at radius 2 is 2.09 bits per heavy atom. The minimum absolute atomic E-state index is 0.196. The number of likely N-dealkylation sites (tertiary alicyclic amines) is 1. The highest BCUT2D eigenvalue weighted by molar-refractivity contribution is 5.92. The van der Waals surface area contributed by atoms with E-state index in [9.17, 15) is 18.0 Å². The van der Waals surface area contributed by atoms with Crippen LogP contribution >= 0.6 is 0 Å². The molecule has 0 aromatic carbocycles. The zero-order valence-electron chi connectivity index (χ0n) is 12.4. The van der Waals surface area contributed by atoms with E-state index in [1.807, 2.05) is 0 Å². The number of aromatic nitrogens is 4. The number of aryl methyl sites for hydroxylation is 1. The maximum atomic E-state index is 12.7. The number of H-pyrrole nitrogens is 2. The summed E-state index contributed by atoms with van der Waals surface area (Å²) in [5, 5.41) is 0. The largest absolute Gasteiger partial charge is 0.432 e. The number of rotatable bonds is 2.